The summed E-state index contributed by atoms with van der Waals surface area (Å²) in [5.74, 6) is 0.366. The van der Waals surface area contributed by atoms with Crippen molar-refractivity contribution in [2.45, 2.75) is 71.9 Å². The molecule has 0 unspecified atom stereocenters. The van der Waals surface area contributed by atoms with Gasteiger partial charge in [0.2, 0.25) is 0 Å². The van der Waals surface area contributed by atoms with Crippen LogP contribution in [0.15, 0.2) is 22.6 Å². The number of esters is 1. The van der Waals surface area contributed by atoms with Crippen LogP contribution < -0.4 is 4.90 Å². The summed E-state index contributed by atoms with van der Waals surface area (Å²) in [6, 6.07) is 4.38. The maximum atomic E-state index is 13.1. The van der Waals surface area contributed by atoms with E-state index in [0.29, 0.717) is 43.1 Å². The first-order chi connectivity index (χ1) is 17.7. The molecule has 8 nitrogen and oxygen atoms in total. The highest BCUT2D eigenvalue weighted by molar-refractivity contribution is 6.07. The van der Waals surface area contributed by atoms with Crippen molar-refractivity contribution in [3.05, 3.63) is 35.1 Å². The predicted molar refractivity (Wildman–Crippen MR) is 144 cm³/mol. The van der Waals surface area contributed by atoms with Gasteiger partial charge < -0.3 is 28.4 Å². The fourth-order valence-corrected chi connectivity index (χ4v) is 5.32. The van der Waals surface area contributed by atoms with E-state index in [9.17, 15) is 9.59 Å². The molecule has 0 N–H and O–H groups in total. The van der Waals surface area contributed by atoms with Crippen LogP contribution in [0.4, 0.5) is 10.5 Å². The Kier molecular flexibility index (Phi) is 8.17. The fraction of sp³-hybridized carbons (Fsp3) is 0.586. The smallest absolute Gasteiger partial charge is 0.410 e. The molecule has 1 aromatic carbocycles. The lowest BCUT2D eigenvalue weighted by atomic mass is 9.95. The Morgan fingerprint density at radius 2 is 1.89 bits per heavy atom. The van der Waals surface area contributed by atoms with Crippen LogP contribution in [-0.2, 0) is 20.6 Å². The molecule has 0 atom stereocenters. The summed E-state index contributed by atoms with van der Waals surface area (Å²) in [7, 11) is 1.42. The van der Waals surface area contributed by atoms with Crippen molar-refractivity contribution in [1.29, 1.82) is 0 Å². The summed E-state index contributed by atoms with van der Waals surface area (Å²) < 4.78 is 22.7. The number of carbonyl (C=O) groups is 2. The molecule has 1 fully saturated rings. The lowest BCUT2D eigenvalue weighted by Crippen LogP contribution is -2.40. The molecular formula is C29H40N2O6. The molecule has 2 aliphatic rings. The van der Waals surface area contributed by atoms with Crippen LogP contribution in [0.3, 0.4) is 0 Å². The summed E-state index contributed by atoms with van der Waals surface area (Å²) in [5, 5.41) is 0.765. The van der Waals surface area contributed by atoms with E-state index < -0.39 is 5.60 Å². The fourth-order valence-electron chi connectivity index (χ4n) is 5.32. The standard InChI is InChI=1S/C29H40N2O6/c1-7-21-23(31(8-2)20-11-15-35-16-12-20)18-25-22(26(21)27(32)34-6)17-24(36-25)19-9-13-30(14-10-19)28(33)37-29(3,4)5/h9,17-18,20H,7-8,10-16H2,1-6H3. The van der Waals surface area contributed by atoms with Gasteiger partial charge in [0.25, 0.3) is 0 Å². The van der Waals surface area contributed by atoms with Gasteiger partial charge in [-0.1, -0.05) is 13.0 Å². The first-order valence-electron chi connectivity index (χ1n) is 13.4. The topological polar surface area (TPSA) is 81.5 Å². The van der Waals surface area contributed by atoms with Crippen LogP contribution in [0.2, 0.25) is 0 Å². The van der Waals surface area contributed by atoms with E-state index in [1.807, 2.05) is 32.9 Å². The van der Waals surface area contributed by atoms with Gasteiger partial charge >= 0.3 is 12.1 Å². The van der Waals surface area contributed by atoms with Crippen molar-refractivity contribution in [2.24, 2.45) is 0 Å². The normalized spacial score (nSPS) is 17.0. The molecule has 202 valence electrons. The van der Waals surface area contributed by atoms with Crippen LogP contribution >= 0.6 is 0 Å². The zero-order valence-corrected chi connectivity index (χ0v) is 23.0. The third-order valence-corrected chi connectivity index (χ3v) is 7.11. The maximum absolute atomic E-state index is 13.1. The second kappa shape index (κ2) is 11.2. The molecule has 0 aliphatic carbocycles. The third kappa shape index (κ3) is 5.79. The second-order valence-electron chi connectivity index (χ2n) is 10.7. The Labute approximate surface area is 219 Å². The number of benzene rings is 1. The van der Waals surface area contributed by atoms with Gasteiger partial charge in [0.05, 0.1) is 12.7 Å². The summed E-state index contributed by atoms with van der Waals surface area (Å²) in [6.45, 7) is 13.1. The van der Waals surface area contributed by atoms with Crippen LogP contribution in [0.25, 0.3) is 16.5 Å². The maximum Gasteiger partial charge on any atom is 0.410 e. The summed E-state index contributed by atoms with van der Waals surface area (Å²) in [6.07, 6.45) is 4.93. The first-order valence-corrected chi connectivity index (χ1v) is 13.4. The Balaban J connectivity index is 1.72. The number of amides is 1. The number of furan rings is 1. The van der Waals surface area contributed by atoms with E-state index >= 15 is 0 Å². The number of fused-ring (bicyclic) bond motifs is 1. The van der Waals surface area contributed by atoms with Gasteiger partial charge in [-0.3, -0.25) is 0 Å². The van der Waals surface area contributed by atoms with Crippen molar-refractivity contribution in [1.82, 2.24) is 4.90 Å². The highest BCUT2D eigenvalue weighted by Gasteiger charge is 2.29. The SMILES string of the molecule is CCc1c(N(CC)C2CCOCC2)cc2oc(C3=CCN(C(=O)OC(C)(C)C)CC3)cc2c1C(=O)OC. The highest BCUT2D eigenvalue weighted by Crippen LogP contribution is 2.38. The van der Waals surface area contributed by atoms with Crippen LogP contribution in [0.1, 0.15) is 75.6 Å². The summed E-state index contributed by atoms with van der Waals surface area (Å²) >= 11 is 0. The average Bonchev–Trinajstić information content (AvgIpc) is 3.31. The minimum atomic E-state index is -0.532. The van der Waals surface area contributed by atoms with Gasteiger partial charge in [0, 0.05) is 56.0 Å². The Bertz CT molecular complexity index is 1170. The molecule has 2 aliphatic heterocycles. The Hall–Kier alpha value is -3.00. The van der Waals surface area contributed by atoms with Crippen LogP contribution in [0.5, 0.6) is 0 Å². The number of ether oxygens (including phenoxy) is 3. The number of rotatable bonds is 6. The van der Waals surface area contributed by atoms with Crippen molar-refractivity contribution in [2.75, 3.05) is 44.9 Å². The highest BCUT2D eigenvalue weighted by atomic mass is 16.6. The first kappa shape index (κ1) is 27.0. The van der Waals surface area contributed by atoms with E-state index in [0.717, 1.165) is 60.6 Å². The second-order valence-corrected chi connectivity index (χ2v) is 10.7. The monoisotopic (exact) mass is 512 g/mol. The third-order valence-electron chi connectivity index (χ3n) is 7.11. The molecule has 2 aromatic rings. The van der Waals surface area contributed by atoms with E-state index in [1.54, 1.807) is 4.90 Å². The number of nitrogens with zero attached hydrogens (tertiary/aromatic N) is 2. The number of anilines is 1. The van der Waals surface area contributed by atoms with Gasteiger partial charge in [-0.05, 0) is 70.6 Å². The predicted octanol–water partition coefficient (Wildman–Crippen LogP) is 5.81. The van der Waals surface area contributed by atoms with E-state index in [2.05, 4.69) is 24.8 Å². The molecule has 0 spiro atoms. The van der Waals surface area contributed by atoms with Crippen LogP contribution in [0, 0.1) is 0 Å². The number of hydrogen-bond acceptors (Lipinski definition) is 7. The van der Waals surface area contributed by atoms with Gasteiger partial charge in [0.15, 0.2) is 0 Å². The summed E-state index contributed by atoms with van der Waals surface area (Å²) in [5.41, 5.74) is 3.74. The van der Waals surface area contributed by atoms with E-state index in [-0.39, 0.29) is 12.1 Å². The van der Waals surface area contributed by atoms with Crippen molar-refractivity contribution >= 4 is 34.3 Å². The molecule has 1 aromatic heterocycles. The molecule has 37 heavy (non-hydrogen) atoms. The number of hydrogen-bond donors (Lipinski definition) is 0. The Morgan fingerprint density at radius 1 is 1.16 bits per heavy atom. The van der Waals surface area contributed by atoms with Crippen molar-refractivity contribution in [3.8, 4) is 0 Å². The quantitative estimate of drug-likeness (QED) is 0.452. The van der Waals surface area contributed by atoms with Gasteiger partial charge in [0.1, 0.15) is 16.9 Å². The molecule has 0 bridgehead atoms. The molecular weight excluding hydrogens is 472 g/mol. The lowest BCUT2D eigenvalue weighted by molar-refractivity contribution is 0.0270. The molecule has 3 heterocycles. The molecule has 0 saturated carbocycles. The van der Waals surface area contributed by atoms with Crippen LogP contribution in [-0.4, -0.2) is 68.6 Å². The largest absolute Gasteiger partial charge is 0.465 e. The number of carbonyl (C=O) groups excluding carboxylic acids is 2. The minimum Gasteiger partial charge on any atom is -0.465 e. The number of methoxy groups -OCH3 is 1. The molecule has 1 saturated heterocycles. The summed E-state index contributed by atoms with van der Waals surface area (Å²) in [4.78, 5) is 29.6. The Morgan fingerprint density at radius 3 is 2.46 bits per heavy atom. The van der Waals surface area contributed by atoms with Crippen molar-refractivity contribution in [3.63, 3.8) is 0 Å². The molecule has 1 amide bonds. The molecule has 4 rings (SSSR count). The van der Waals surface area contributed by atoms with E-state index in [1.165, 1.54) is 7.11 Å². The minimum absolute atomic E-state index is 0.314. The zero-order valence-electron chi connectivity index (χ0n) is 23.0. The van der Waals surface area contributed by atoms with E-state index in [4.69, 9.17) is 18.6 Å². The molecule has 8 heteroatoms. The lowest BCUT2D eigenvalue weighted by Gasteiger charge is -2.36. The average molecular weight is 513 g/mol. The van der Waals surface area contributed by atoms with Gasteiger partial charge in [-0.25, -0.2) is 9.59 Å². The van der Waals surface area contributed by atoms with Gasteiger partial charge in [-0.15, -0.1) is 0 Å². The van der Waals surface area contributed by atoms with Gasteiger partial charge in [-0.2, -0.15) is 0 Å². The molecule has 0 radical (unpaired) electrons. The zero-order chi connectivity index (χ0) is 26.7. The van der Waals surface area contributed by atoms with Crippen molar-refractivity contribution < 1.29 is 28.2 Å².